The third kappa shape index (κ3) is 6.34. The number of hydrogen-bond donors (Lipinski definition) is 0. The highest BCUT2D eigenvalue weighted by Gasteiger charge is 2.01. The first kappa shape index (κ1) is 18.8. The predicted octanol–water partition coefficient (Wildman–Crippen LogP) is 4.22. The van der Waals surface area contributed by atoms with Crippen LogP contribution in [0, 0.1) is 6.92 Å². The molecule has 0 fully saturated rings. The van der Waals surface area contributed by atoms with Crippen LogP contribution >= 0.6 is 11.3 Å². The van der Waals surface area contributed by atoms with Crippen molar-refractivity contribution in [2.75, 3.05) is 6.61 Å². The molecule has 0 saturated carbocycles. The van der Waals surface area contributed by atoms with E-state index in [9.17, 15) is 4.79 Å². The lowest BCUT2D eigenvalue weighted by Crippen LogP contribution is -2.04. The second-order valence-electron chi connectivity index (χ2n) is 5.83. The van der Waals surface area contributed by atoms with E-state index in [1.165, 1.54) is 6.08 Å². The molecule has 0 aliphatic carbocycles. The molecular weight excluding hydrogens is 360 g/mol. The van der Waals surface area contributed by atoms with E-state index in [1.807, 2.05) is 48.7 Å². The summed E-state index contributed by atoms with van der Waals surface area (Å²) in [7, 11) is 0. The molecule has 0 atom stereocenters. The van der Waals surface area contributed by atoms with Crippen LogP contribution in [-0.2, 0) is 22.6 Å². The monoisotopic (exact) mass is 380 g/mol. The Hall–Kier alpha value is -2.99. The molecule has 0 saturated heterocycles. The van der Waals surface area contributed by atoms with Gasteiger partial charge in [-0.05, 0) is 42.3 Å². The molecule has 0 unspecified atom stereocenters. The van der Waals surface area contributed by atoms with Crippen molar-refractivity contribution < 1.29 is 14.3 Å². The van der Waals surface area contributed by atoms with E-state index in [0.29, 0.717) is 19.6 Å². The summed E-state index contributed by atoms with van der Waals surface area (Å²) in [4.78, 5) is 20.2. The van der Waals surface area contributed by atoms with Gasteiger partial charge in [0.2, 0.25) is 0 Å². The van der Waals surface area contributed by atoms with Gasteiger partial charge in [0.15, 0.2) is 0 Å². The van der Waals surface area contributed by atoms with E-state index in [2.05, 4.69) is 9.97 Å². The summed E-state index contributed by atoms with van der Waals surface area (Å²) >= 11 is 1.61. The van der Waals surface area contributed by atoms with Crippen molar-refractivity contribution in [3.05, 3.63) is 82.1 Å². The van der Waals surface area contributed by atoms with Gasteiger partial charge >= 0.3 is 5.97 Å². The Bertz CT molecular complexity index is 889. The Morgan fingerprint density at radius 3 is 2.78 bits per heavy atom. The average Bonchev–Trinajstić information content (AvgIpc) is 3.12. The highest BCUT2D eigenvalue weighted by molar-refractivity contribution is 7.09. The molecule has 2 heterocycles. The Labute approximate surface area is 162 Å². The van der Waals surface area contributed by atoms with Gasteiger partial charge in [0, 0.05) is 30.3 Å². The SMILES string of the molecule is Cc1nc(COc2ccc(/C=C/C(=O)OCCc3cccnc3)cc2)cs1. The number of aromatic nitrogens is 2. The van der Waals surface area contributed by atoms with Gasteiger partial charge in [0.05, 0.1) is 17.3 Å². The molecule has 0 aliphatic heterocycles. The third-order valence-electron chi connectivity index (χ3n) is 3.70. The molecule has 6 heteroatoms. The maximum atomic E-state index is 11.8. The van der Waals surface area contributed by atoms with Crippen molar-refractivity contribution in [1.29, 1.82) is 0 Å². The van der Waals surface area contributed by atoms with Crippen LogP contribution in [0.1, 0.15) is 21.8 Å². The third-order valence-corrected chi connectivity index (χ3v) is 4.53. The Morgan fingerprint density at radius 2 is 2.07 bits per heavy atom. The summed E-state index contributed by atoms with van der Waals surface area (Å²) in [6.45, 7) is 2.75. The van der Waals surface area contributed by atoms with Crippen LogP contribution in [0.2, 0.25) is 0 Å². The summed E-state index contributed by atoms with van der Waals surface area (Å²) in [5, 5.41) is 3.02. The minimum Gasteiger partial charge on any atom is -0.487 e. The smallest absolute Gasteiger partial charge is 0.330 e. The van der Waals surface area contributed by atoms with Crippen LogP contribution in [-0.4, -0.2) is 22.5 Å². The van der Waals surface area contributed by atoms with Crippen LogP contribution < -0.4 is 4.74 Å². The lowest BCUT2D eigenvalue weighted by Gasteiger charge is -2.04. The summed E-state index contributed by atoms with van der Waals surface area (Å²) in [5.41, 5.74) is 2.87. The highest BCUT2D eigenvalue weighted by atomic mass is 32.1. The van der Waals surface area contributed by atoms with Gasteiger partial charge in [-0.15, -0.1) is 11.3 Å². The fraction of sp³-hybridized carbons (Fsp3) is 0.190. The fourth-order valence-electron chi connectivity index (χ4n) is 2.33. The minimum absolute atomic E-state index is 0.331. The number of thiazole rings is 1. The van der Waals surface area contributed by atoms with Crippen molar-refractivity contribution in [3.8, 4) is 5.75 Å². The lowest BCUT2D eigenvalue weighted by molar-refractivity contribution is -0.137. The van der Waals surface area contributed by atoms with Crippen LogP contribution in [0.25, 0.3) is 6.08 Å². The topological polar surface area (TPSA) is 61.3 Å². The van der Waals surface area contributed by atoms with Gasteiger partial charge in [-0.3, -0.25) is 4.98 Å². The molecule has 0 aliphatic rings. The van der Waals surface area contributed by atoms with E-state index < -0.39 is 0 Å². The number of carbonyl (C=O) groups is 1. The van der Waals surface area contributed by atoms with Gasteiger partial charge in [0.25, 0.3) is 0 Å². The maximum Gasteiger partial charge on any atom is 0.330 e. The summed E-state index contributed by atoms with van der Waals surface area (Å²) in [6, 6.07) is 11.3. The molecule has 0 N–H and O–H groups in total. The molecule has 3 rings (SSSR count). The second kappa shape index (κ2) is 9.64. The van der Waals surface area contributed by atoms with Gasteiger partial charge < -0.3 is 9.47 Å². The predicted molar refractivity (Wildman–Crippen MR) is 106 cm³/mol. The number of esters is 1. The first-order valence-electron chi connectivity index (χ1n) is 8.57. The van der Waals surface area contributed by atoms with Crippen LogP contribution in [0.15, 0.2) is 60.2 Å². The van der Waals surface area contributed by atoms with Crippen LogP contribution in [0.5, 0.6) is 5.75 Å². The van der Waals surface area contributed by atoms with E-state index in [-0.39, 0.29) is 5.97 Å². The van der Waals surface area contributed by atoms with E-state index in [4.69, 9.17) is 9.47 Å². The molecule has 3 aromatic rings. The van der Waals surface area contributed by atoms with Gasteiger partial charge in [0.1, 0.15) is 12.4 Å². The molecule has 27 heavy (non-hydrogen) atoms. The van der Waals surface area contributed by atoms with E-state index in [1.54, 1.807) is 29.8 Å². The van der Waals surface area contributed by atoms with Crippen molar-refractivity contribution in [3.63, 3.8) is 0 Å². The number of aryl methyl sites for hydroxylation is 1. The standard InChI is InChI=1S/C21H20N2O3S/c1-16-23-19(15-27-16)14-26-20-7-4-17(5-8-20)6-9-21(24)25-12-10-18-3-2-11-22-13-18/h2-9,11,13,15H,10,12,14H2,1H3/b9-6+. The molecule has 0 bridgehead atoms. The largest absolute Gasteiger partial charge is 0.487 e. The number of hydrogen-bond acceptors (Lipinski definition) is 6. The molecule has 0 spiro atoms. The van der Waals surface area contributed by atoms with Crippen molar-refractivity contribution >= 4 is 23.4 Å². The lowest BCUT2D eigenvalue weighted by atomic mass is 10.2. The van der Waals surface area contributed by atoms with Crippen molar-refractivity contribution in [1.82, 2.24) is 9.97 Å². The zero-order valence-electron chi connectivity index (χ0n) is 15.0. The zero-order valence-corrected chi connectivity index (χ0v) is 15.8. The van der Waals surface area contributed by atoms with Crippen LogP contribution in [0.3, 0.4) is 0 Å². The van der Waals surface area contributed by atoms with Crippen molar-refractivity contribution in [2.24, 2.45) is 0 Å². The van der Waals surface area contributed by atoms with Crippen LogP contribution in [0.4, 0.5) is 0 Å². The quantitative estimate of drug-likeness (QED) is 0.432. The zero-order chi connectivity index (χ0) is 18.9. The second-order valence-corrected chi connectivity index (χ2v) is 6.89. The van der Waals surface area contributed by atoms with Crippen molar-refractivity contribution in [2.45, 2.75) is 20.0 Å². The van der Waals surface area contributed by atoms with Gasteiger partial charge in [-0.2, -0.15) is 0 Å². The Balaban J connectivity index is 1.42. The highest BCUT2D eigenvalue weighted by Crippen LogP contribution is 2.16. The number of carbonyl (C=O) groups excluding carboxylic acids is 1. The van der Waals surface area contributed by atoms with E-state index in [0.717, 1.165) is 27.6 Å². The first-order chi connectivity index (χ1) is 13.2. The molecule has 1 aromatic carbocycles. The molecule has 5 nitrogen and oxygen atoms in total. The maximum absolute atomic E-state index is 11.8. The molecule has 2 aromatic heterocycles. The Morgan fingerprint density at radius 1 is 1.22 bits per heavy atom. The van der Waals surface area contributed by atoms with E-state index >= 15 is 0 Å². The van der Waals surface area contributed by atoms with Gasteiger partial charge in [-0.1, -0.05) is 18.2 Å². The number of benzene rings is 1. The number of ether oxygens (including phenoxy) is 2. The van der Waals surface area contributed by atoms with Gasteiger partial charge in [-0.25, -0.2) is 9.78 Å². The molecular formula is C21H20N2O3S. The molecule has 138 valence electrons. The first-order valence-corrected chi connectivity index (χ1v) is 9.44. The minimum atomic E-state index is -0.363. The Kier molecular flexibility index (Phi) is 6.71. The average molecular weight is 380 g/mol. The number of pyridine rings is 1. The number of rotatable bonds is 8. The summed E-state index contributed by atoms with van der Waals surface area (Å²) < 4.78 is 10.9. The summed E-state index contributed by atoms with van der Waals surface area (Å²) in [5.74, 6) is 0.398. The molecule has 0 radical (unpaired) electrons. The fourth-order valence-corrected chi connectivity index (χ4v) is 2.93. The summed E-state index contributed by atoms with van der Waals surface area (Å²) in [6.07, 6.45) is 7.28. The number of nitrogens with zero attached hydrogens (tertiary/aromatic N) is 2. The molecule has 0 amide bonds. The normalized spacial score (nSPS) is 10.9.